The molecule has 13 heteroatoms. The third-order valence-corrected chi connectivity index (χ3v) is 7.10. The number of rotatable bonds is 6. The number of alkyl halides is 3. The molecular weight excluding hydrogens is 509 g/mol. The summed E-state index contributed by atoms with van der Waals surface area (Å²) in [6.45, 7) is 0. The van der Waals surface area contributed by atoms with Crippen LogP contribution in [0.1, 0.15) is 42.5 Å². The first-order valence-electron chi connectivity index (χ1n) is 11.7. The monoisotopic (exact) mass is 528 g/mol. The molecule has 190 valence electrons. The molecule has 9 nitrogen and oxygen atoms in total. The number of nitrogens with one attached hydrogen (secondary N) is 1. The molecule has 1 saturated carbocycles. The Hall–Kier alpha value is -3.80. The predicted molar refractivity (Wildman–Crippen MR) is 129 cm³/mol. The molecule has 4 heterocycles. The van der Waals surface area contributed by atoms with Crippen LogP contribution < -0.4 is 11.1 Å². The molecule has 0 radical (unpaired) electrons. The van der Waals surface area contributed by atoms with Gasteiger partial charge in [0.05, 0.1) is 17.5 Å². The minimum absolute atomic E-state index is 0.0358. The Balaban J connectivity index is 1.43. The SMILES string of the molecule is Nc1nc(-c2cn3ncnc3c(CCCC(F)(F)F)n2)nc2c1C(c1ccc(Cl)cc1)(C1CC1)C(=O)N2. The molecule has 0 spiro atoms. The third kappa shape index (κ3) is 3.95. The first kappa shape index (κ1) is 23.6. The number of fused-ring (bicyclic) bond motifs is 2. The lowest BCUT2D eigenvalue weighted by Crippen LogP contribution is -2.38. The number of halogens is 4. The topological polar surface area (TPSA) is 124 Å². The number of benzene rings is 1. The van der Waals surface area contributed by atoms with Crippen molar-refractivity contribution < 1.29 is 18.0 Å². The standard InChI is InChI=1S/C24H20ClF3N8O/c25-14-7-5-13(6-8-14)24(12-3-4-12)17-18(29)33-19(34-20(17)35-22(24)37)16-10-36-21(30-11-31-36)15(32-16)2-1-9-23(26,27)28/h5-8,10-12H,1-4,9H2,(H3,29,33,34,35,37). The highest BCUT2D eigenvalue weighted by Crippen LogP contribution is 2.57. The van der Waals surface area contributed by atoms with Crippen LogP contribution in [-0.4, -0.2) is 41.6 Å². The van der Waals surface area contributed by atoms with Crippen molar-refractivity contribution >= 4 is 34.8 Å². The van der Waals surface area contributed by atoms with Gasteiger partial charge in [-0.25, -0.2) is 24.5 Å². The number of anilines is 2. The average molecular weight is 529 g/mol. The van der Waals surface area contributed by atoms with Crippen molar-refractivity contribution in [2.75, 3.05) is 11.1 Å². The van der Waals surface area contributed by atoms with Gasteiger partial charge in [0.25, 0.3) is 0 Å². The van der Waals surface area contributed by atoms with Crippen LogP contribution in [0.15, 0.2) is 36.8 Å². The van der Waals surface area contributed by atoms with Crippen LogP contribution in [0.5, 0.6) is 0 Å². The first-order valence-corrected chi connectivity index (χ1v) is 12.1. The minimum Gasteiger partial charge on any atom is -0.383 e. The molecule has 0 bridgehead atoms. The van der Waals surface area contributed by atoms with Crippen LogP contribution in [0, 0.1) is 5.92 Å². The zero-order valence-corrected chi connectivity index (χ0v) is 20.0. The van der Waals surface area contributed by atoms with E-state index in [-0.39, 0.29) is 47.8 Å². The van der Waals surface area contributed by atoms with E-state index in [4.69, 9.17) is 17.3 Å². The summed E-state index contributed by atoms with van der Waals surface area (Å²) in [6, 6.07) is 7.09. The Morgan fingerprint density at radius 3 is 2.62 bits per heavy atom. The van der Waals surface area contributed by atoms with Gasteiger partial charge in [0.15, 0.2) is 11.5 Å². The van der Waals surface area contributed by atoms with Crippen molar-refractivity contribution in [3.05, 3.63) is 58.6 Å². The van der Waals surface area contributed by atoms with E-state index in [0.717, 1.165) is 18.4 Å². The van der Waals surface area contributed by atoms with Crippen LogP contribution in [-0.2, 0) is 16.6 Å². The van der Waals surface area contributed by atoms with Crippen molar-refractivity contribution in [3.8, 4) is 11.5 Å². The lowest BCUT2D eigenvalue weighted by molar-refractivity contribution is -0.135. The summed E-state index contributed by atoms with van der Waals surface area (Å²) < 4.78 is 39.5. The van der Waals surface area contributed by atoms with E-state index in [1.54, 1.807) is 12.1 Å². The molecule has 37 heavy (non-hydrogen) atoms. The Bertz CT molecular complexity index is 1530. The van der Waals surface area contributed by atoms with Crippen molar-refractivity contribution in [3.63, 3.8) is 0 Å². The van der Waals surface area contributed by atoms with Gasteiger partial charge in [-0.1, -0.05) is 23.7 Å². The van der Waals surface area contributed by atoms with Crippen LogP contribution in [0.2, 0.25) is 5.02 Å². The normalized spacial score (nSPS) is 19.3. The molecule has 1 amide bonds. The maximum absolute atomic E-state index is 13.5. The summed E-state index contributed by atoms with van der Waals surface area (Å²) in [7, 11) is 0. The van der Waals surface area contributed by atoms with Gasteiger partial charge in [-0.3, -0.25) is 4.79 Å². The van der Waals surface area contributed by atoms with Crippen LogP contribution in [0.4, 0.5) is 24.8 Å². The number of aromatic nitrogens is 6. The molecule has 1 atom stereocenters. The predicted octanol–water partition coefficient (Wildman–Crippen LogP) is 4.35. The van der Waals surface area contributed by atoms with Crippen molar-refractivity contribution in [1.29, 1.82) is 0 Å². The molecule has 1 unspecified atom stereocenters. The second-order valence-corrected chi connectivity index (χ2v) is 9.71. The van der Waals surface area contributed by atoms with E-state index in [1.807, 2.05) is 12.1 Å². The zero-order chi connectivity index (χ0) is 25.9. The maximum Gasteiger partial charge on any atom is 0.389 e. The quantitative estimate of drug-likeness (QED) is 0.381. The summed E-state index contributed by atoms with van der Waals surface area (Å²) in [5.74, 6) is 0.330. The molecule has 1 aliphatic carbocycles. The number of hydrogen-bond acceptors (Lipinski definition) is 7. The Morgan fingerprint density at radius 1 is 1.16 bits per heavy atom. The first-order chi connectivity index (χ1) is 17.7. The van der Waals surface area contributed by atoms with Gasteiger partial charge in [-0.2, -0.15) is 18.3 Å². The third-order valence-electron chi connectivity index (χ3n) is 6.84. The Labute approximate surface area is 213 Å². The highest BCUT2D eigenvalue weighted by atomic mass is 35.5. The number of carbonyl (C=O) groups excluding carboxylic acids is 1. The van der Waals surface area contributed by atoms with Crippen LogP contribution in [0.3, 0.4) is 0 Å². The largest absolute Gasteiger partial charge is 0.389 e. The summed E-state index contributed by atoms with van der Waals surface area (Å²) in [4.78, 5) is 31.2. The number of amides is 1. The number of aryl methyl sites for hydroxylation is 1. The molecule has 4 aromatic rings. The molecule has 3 N–H and O–H groups in total. The van der Waals surface area contributed by atoms with Gasteiger partial charge in [0.1, 0.15) is 29.1 Å². The average Bonchev–Trinajstić information content (AvgIpc) is 3.49. The van der Waals surface area contributed by atoms with E-state index in [9.17, 15) is 18.0 Å². The van der Waals surface area contributed by atoms with Gasteiger partial charge in [0.2, 0.25) is 5.91 Å². The van der Waals surface area contributed by atoms with E-state index < -0.39 is 18.0 Å². The molecule has 1 fully saturated rings. The van der Waals surface area contributed by atoms with Crippen LogP contribution in [0.25, 0.3) is 17.2 Å². The highest BCUT2D eigenvalue weighted by molar-refractivity contribution is 6.30. The van der Waals surface area contributed by atoms with Crippen molar-refractivity contribution in [2.24, 2.45) is 5.92 Å². The minimum atomic E-state index is -4.27. The van der Waals surface area contributed by atoms with Gasteiger partial charge in [0, 0.05) is 11.4 Å². The van der Waals surface area contributed by atoms with Crippen molar-refractivity contribution in [2.45, 2.75) is 43.7 Å². The molecule has 1 aromatic carbocycles. The van der Waals surface area contributed by atoms with Gasteiger partial charge in [-0.15, -0.1) is 0 Å². The lowest BCUT2D eigenvalue weighted by Gasteiger charge is -2.28. The molecule has 6 rings (SSSR count). The molecular formula is C24H20ClF3N8O. The molecule has 3 aromatic heterocycles. The summed E-state index contributed by atoms with van der Waals surface area (Å²) in [6.07, 6.45) is -0.810. The number of nitrogen functional groups attached to an aromatic ring is 1. The summed E-state index contributed by atoms with van der Waals surface area (Å²) in [5.41, 5.74) is 7.65. The maximum atomic E-state index is 13.5. The fourth-order valence-corrected chi connectivity index (χ4v) is 5.27. The highest BCUT2D eigenvalue weighted by Gasteiger charge is 2.59. The fourth-order valence-electron chi connectivity index (χ4n) is 5.14. The van der Waals surface area contributed by atoms with Gasteiger partial charge >= 0.3 is 6.18 Å². The van der Waals surface area contributed by atoms with E-state index in [2.05, 4.69) is 30.4 Å². The fraction of sp³-hybridized carbons (Fsp3) is 0.333. The van der Waals surface area contributed by atoms with E-state index in [1.165, 1.54) is 17.0 Å². The van der Waals surface area contributed by atoms with Gasteiger partial charge < -0.3 is 11.1 Å². The zero-order valence-electron chi connectivity index (χ0n) is 19.3. The van der Waals surface area contributed by atoms with Crippen molar-refractivity contribution in [1.82, 2.24) is 29.5 Å². The Kier molecular flexibility index (Phi) is 5.34. The second kappa shape index (κ2) is 8.37. The number of nitrogens with two attached hydrogens (primary N) is 1. The summed E-state index contributed by atoms with van der Waals surface area (Å²) >= 11 is 6.09. The van der Waals surface area contributed by atoms with Gasteiger partial charge in [-0.05, 0) is 49.3 Å². The molecule has 0 saturated heterocycles. The Morgan fingerprint density at radius 2 is 1.92 bits per heavy atom. The molecule has 2 aliphatic rings. The number of carbonyl (C=O) groups is 1. The second-order valence-electron chi connectivity index (χ2n) is 9.27. The number of nitrogens with zero attached hydrogens (tertiary/aromatic N) is 6. The van der Waals surface area contributed by atoms with Crippen LogP contribution >= 0.6 is 11.6 Å². The smallest absolute Gasteiger partial charge is 0.383 e. The lowest BCUT2D eigenvalue weighted by atomic mass is 9.72. The van der Waals surface area contributed by atoms with E-state index >= 15 is 0 Å². The number of hydrogen-bond donors (Lipinski definition) is 2. The van der Waals surface area contributed by atoms with E-state index in [0.29, 0.717) is 21.9 Å². The summed E-state index contributed by atoms with van der Waals surface area (Å²) in [5, 5.41) is 7.54. The molecule has 1 aliphatic heterocycles.